The van der Waals surface area contributed by atoms with Gasteiger partial charge in [0.05, 0.1) is 24.4 Å². The first-order valence-electron chi connectivity index (χ1n) is 7.91. The third-order valence-electron chi connectivity index (χ3n) is 3.80. The van der Waals surface area contributed by atoms with Gasteiger partial charge in [-0.15, -0.1) is 11.3 Å². The van der Waals surface area contributed by atoms with E-state index in [1.807, 2.05) is 0 Å². The van der Waals surface area contributed by atoms with Crippen LogP contribution in [-0.4, -0.2) is 21.6 Å². The summed E-state index contributed by atoms with van der Waals surface area (Å²) in [5.41, 5.74) is 1.12. The van der Waals surface area contributed by atoms with Crippen LogP contribution in [0.25, 0.3) is 10.2 Å². The van der Waals surface area contributed by atoms with Crippen molar-refractivity contribution >= 4 is 50.7 Å². The lowest BCUT2D eigenvalue weighted by Crippen LogP contribution is -2.21. The second-order valence-corrected chi connectivity index (χ2v) is 7.95. The molecule has 0 atom stereocenters. The number of rotatable bonds is 4. The van der Waals surface area contributed by atoms with Crippen LogP contribution < -0.4 is 5.56 Å². The molecule has 0 aliphatic heterocycles. The standard InChI is InChI=1S/C18H16Cl2N2O3S/c1-9(2)25-18(24)15-10(3)14-16(26-15)21-8-22(17(14)23)7-11-4-5-12(19)6-13(11)20/h4-6,8-9H,7H2,1-3H3. The number of benzene rings is 1. The lowest BCUT2D eigenvalue weighted by atomic mass is 10.2. The van der Waals surface area contributed by atoms with Crippen LogP contribution in [0.4, 0.5) is 0 Å². The van der Waals surface area contributed by atoms with Gasteiger partial charge in [0.1, 0.15) is 9.71 Å². The summed E-state index contributed by atoms with van der Waals surface area (Å²) in [5.74, 6) is -0.438. The van der Waals surface area contributed by atoms with Crippen LogP contribution in [-0.2, 0) is 11.3 Å². The van der Waals surface area contributed by atoms with E-state index in [0.29, 0.717) is 30.7 Å². The molecule has 0 saturated carbocycles. The molecule has 136 valence electrons. The zero-order valence-corrected chi connectivity index (χ0v) is 16.7. The first kappa shape index (κ1) is 18.9. The van der Waals surface area contributed by atoms with Gasteiger partial charge in [0.15, 0.2) is 0 Å². The van der Waals surface area contributed by atoms with Crippen molar-refractivity contribution in [2.75, 3.05) is 0 Å². The summed E-state index contributed by atoms with van der Waals surface area (Å²) in [5, 5.41) is 1.44. The van der Waals surface area contributed by atoms with E-state index in [-0.39, 0.29) is 18.2 Å². The summed E-state index contributed by atoms with van der Waals surface area (Å²) in [6.45, 7) is 5.56. The minimum atomic E-state index is -0.438. The van der Waals surface area contributed by atoms with Gasteiger partial charge in [0, 0.05) is 10.0 Å². The summed E-state index contributed by atoms with van der Waals surface area (Å²) in [7, 11) is 0. The van der Waals surface area contributed by atoms with Gasteiger partial charge in [-0.05, 0) is 44.0 Å². The predicted molar refractivity (Wildman–Crippen MR) is 105 cm³/mol. The largest absolute Gasteiger partial charge is 0.459 e. The Hall–Kier alpha value is -1.89. The maximum Gasteiger partial charge on any atom is 0.348 e. The molecule has 2 heterocycles. The Kier molecular flexibility index (Phi) is 5.37. The molecule has 3 rings (SSSR count). The maximum absolute atomic E-state index is 12.9. The van der Waals surface area contributed by atoms with E-state index in [9.17, 15) is 9.59 Å². The van der Waals surface area contributed by atoms with E-state index in [1.54, 1.807) is 39.0 Å². The zero-order chi connectivity index (χ0) is 19.0. The Bertz CT molecular complexity index is 1060. The second-order valence-electron chi connectivity index (χ2n) is 6.10. The fraction of sp³-hybridized carbons (Fsp3) is 0.278. The number of aryl methyl sites for hydroxylation is 1. The lowest BCUT2D eigenvalue weighted by Gasteiger charge is -2.08. The molecule has 0 fully saturated rings. The van der Waals surface area contributed by atoms with Crippen molar-refractivity contribution in [3.05, 3.63) is 60.9 Å². The van der Waals surface area contributed by atoms with Gasteiger partial charge in [-0.2, -0.15) is 0 Å². The van der Waals surface area contributed by atoms with Gasteiger partial charge in [0.2, 0.25) is 0 Å². The molecule has 26 heavy (non-hydrogen) atoms. The Morgan fingerprint density at radius 3 is 2.73 bits per heavy atom. The molecular formula is C18H16Cl2N2O3S. The van der Waals surface area contributed by atoms with Crippen molar-refractivity contribution in [3.8, 4) is 0 Å². The molecule has 0 bridgehead atoms. The molecule has 1 aromatic carbocycles. The number of thiophene rings is 1. The topological polar surface area (TPSA) is 61.2 Å². The van der Waals surface area contributed by atoms with Crippen molar-refractivity contribution in [1.82, 2.24) is 9.55 Å². The number of aromatic nitrogens is 2. The number of ether oxygens (including phenoxy) is 1. The van der Waals surface area contributed by atoms with Crippen molar-refractivity contribution in [2.24, 2.45) is 0 Å². The molecule has 0 aliphatic carbocycles. The number of carbonyl (C=O) groups is 1. The SMILES string of the molecule is Cc1c(C(=O)OC(C)C)sc2ncn(Cc3ccc(Cl)cc3Cl)c(=O)c12. The summed E-state index contributed by atoms with van der Waals surface area (Å²) < 4.78 is 6.71. The smallest absolute Gasteiger partial charge is 0.348 e. The number of hydrogen-bond acceptors (Lipinski definition) is 5. The van der Waals surface area contributed by atoms with Crippen LogP contribution in [0.1, 0.15) is 34.6 Å². The van der Waals surface area contributed by atoms with Crippen LogP contribution in [0.15, 0.2) is 29.3 Å². The van der Waals surface area contributed by atoms with Gasteiger partial charge in [0.25, 0.3) is 5.56 Å². The fourth-order valence-electron chi connectivity index (χ4n) is 2.57. The Morgan fingerprint density at radius 2 is 2.08 bits per heavy atom. The molecule has 2 aromatic heterocycles. The Morgan fingerprint density at radius 1 is 1.35 bits per heavy atom. The minimum Gasteiger partial charge on any atom is -0.459 e. The quantitative estimate of drug-likeness (QED) is 0.585. The second kappa shape index (κ2) is 7.39. The van der Waals surface area contributed by atoms with Crippen molar-refractivity contribution < 1.29 is 9.53 Å². The van der Waals surface area contributed by atoms with Crippen LogP contribution in [0.2, 0.25) is 10.0 Å². The van der Waals surface area contributed by atoms with Gasteiger partial charge in [-0.1, -0.05) is 29.3 Å². The Balaban J connectivity index is 2.04. The van der Waals surface area contributed by atoms with E-state index < -0.39 is 5.97 Å². The van der Waals surface area contributed by atoms with E-state index in [0.717, 1.165) is 5.56 Å². The average Bonchev–Trinajstić information content (AvgIpc) is 2.89. The number of esters is 1. The Labute approximate surface area is 164 Å². The molecule has 0 spiro atoms. The maximum atomic E-state index is 12.9. The highest BCUT2D eigenvalue weighted by molar-refractivity contribution is 7.20. The average molecular weight is 411 g/mol. The lowest BCUT2D eigenvalue weighted by molar-refractivity contribution is 0.0383. The summed E-state index contributed by atoms with van der Waals surface area (Å²) in [6.07, 6.45) is 1.23. The van der Waals surface area contributed by atoms with Gasteiger partial charge < -0.3 is 4.74 Å². The molecule has 0 amide bonds. The zero-order valence-electron chi connectivity index (χ0n) is 14.4. The van der Waals surface area contributed by atoms with Crippen molar-refractivity contribution in [1.29, 1.82) is 0 Å². The highest BCUT2D eigenvalue weighted by Gasteiger charge is 2.21. The monoisotopic (exact) mass is 410 g/mol. The van der Waals surface area contributed by atoms with E-state index in [1.165, 1.54) is 22.2 Å². The predicted octanol–water partition coefficient (Wildman–Crippen LogP) is 4.69. The van der Waals surface area contributed by atoms with Crippen LogP contribution in [0.3, 0.4) is 0 Å². The van der Waals surface area contributed by atoms with Gasteiger partial charge in [-0.25, -0.2) is 9.78 Å². The molecule has 5 nitrogen and oxygen atoms in total. The number of nitrogens with zero attached hydrogens (tertiary/aromatic N) is 2. The third-order valence-corrected chi connectivity index (χ3v) is 5.57. The summed E-state index contributed by atoms with van der Waals surface area (Å²) >= 11 is 13.3. The van der Waals surface area contributed by atoms with E-state index in [2.05, 4.69) is 4.98 Å². The molecule has 0 radical (unpaired) electrons. The van der Waals surface area contributed by atoms with Crippen LogP contribution in [0.5, 0.6) is 0 Å². The minimum absolute atomic E-state index is 0.224. The number of hydrogen-bond donors (Lipinski definition) is 0. The highest BCUT2D eigenvalue weighted by atomic mass is 35.5. The van der Waals surface area contributed by atoms with Gasteiger partial charge in [-0.3, -0.25) is 9.36 Å². The number of halogens is 2. The summed E-state index contributed by atoms with van der Waals surface area (Å²) in [4.78, 5) is 30.4. The fourth-order valence-corrected chi connectivity index (χ4v) is 4.06. The normalized spacial score (nSPS) is 11.3. The third kappa shape index (κ3) is 3.63. The molecule has 8 heteroatoms. The van der Waals surface area contributed by atoms with E-state index in [4.69, 9.17) is 27.9 Å². The molecule has 0 saturated heterocycles. The van der Waals surface area contributed by atoms with Crippen LogP contribution in [0, 0.1) is 6.92 Å². The highest BCUT2D eigenvalue weighted by Crippen LogP contribution is 2.28. The number of carbonyl (C=O) groups excluding carboxylic acids is 1. The van der Waals surface area contributed by atoms with Crippen LogP contribution >= 0.6 is 34.5 Å². The summed E-state index contributed by atoms with van der Waals surface area (Å²) in [6, 6.07) is 5.12. The first-order chi connectivity index (χ1) is 12.3. The number of fused-ring (bicyclic) bond motifs is 1. The van der Waals surface area contributed by atoms with E-state index >= 15 is 0 Å². The van der Waals surface area contributed by atoms with Crippen molar-refractivity contribution in [2.45, 2.75) is 33.4 Å². The molecule has 0 N–H and O–H groups in total. The molecule has 3 aromatic rings. The van der Waals surface area contributed by atoms with Crippen molar-refractivity contribution in [3.63, 3.8) is 0 Å². The molecule has 0 unspecified atom stereocenters. The molecule has 0 aliphatic rings. The first-order valence-corrected chi connectivity index (χ1v) is 9.48. The van der Waals surface area contributed by atoms with Gasteiger partial charge >= 0.3 is 5.97 Å². The molecular weight excluding hydrogens is 395 g/mol.